The maximum Gasteiger partial charge on any atom is 0.0159 e. The molecule has 0 saturated heterocycles. The molecule has 0 radical (unpaired) electrons. The Morgan fingerprint density at radius 2 is 1.85 bits per heavy atom. The van der Waals surface area contributed by atoms with E-state index in [4.69, 9.17) is 0 Å². The zero-order valence-corrected chi connectivity index (χ0v) is 8.98. The molecule has 0 amide bonds. The number of hydrogen-bond acceptors (Lipinski definition) is 1. The smallest absolute Gasteiger partial charge is 0.0159 e. The van der Waals surface area contributed by atoms with Gasteiger partial charge in [-0.05, 0) is 18.1 Å². The topological polar surface area (TPSA) is 0 Å². The van der Waals surface area contributed by atoms with Gasteiger partial charge in [-0.1, -0.05) is 49.6 Å². The van der Waals surface area contributed by atoms with Crippen molar-refractivity contribution in [3.8, 4) is 0 Å². The monoisotopic (exact) mass is 192 g/mol. The average molecular weight is 192 g/mol. The summed E-state index contributed by atoms with van der Waals surface area (Å²) in [5, 5.41) is 0. The summed E-state index contributed by atoms with van der Waals surface area (Å²) in [4.78, 5) is 0. The normalized spacial score (nSPS) is 12.5. The largest absolute Gasteiger partial charge is 0.175 e. The third-order valence-corrected chi connectivity index (χ3v) is 2.04. The fraction of sp³-hybridized carbons (Fsp3) is 0.167. The van der Waals surface area contributed by atoms with Crippen LogP contribution < -0.4 is 0 Å². The Morgan fingerprint density at radius 3 is 2.23 bits per heavy atom. The zero-order valence-electron chi connectivity index (χ0n) is 8.09. The highest BCUT2D eigenvalue weighted by molar-refractivity contribution is 7.80. The molecule has 0 fully saturated rings. The second-order valence-corrected chi connectivity index (χ2v) is 3.01. The predicted octanol–water partition coefficient (Wildman–Crippen LogP) is 3.72. The van der Waals surface area contributed by atoms with Gasteiger partial charge in [-0.2, -0.15) is 12.6 Å². The van der Waals surface area contributed by atoms with Gasteiger partial charge in [0.15, 0.2) is 0 Å². The number of allylic oxidation sites excluding steroid dienone is 6. The van der Waals surface area contributed by atoms with E-state index in [2.05, 4.69) is 32.4 Å². The number of thiol groups is 1. The molecule has 0 nitrogen and oxygen atoms in total. The van der Waals surface area contributed by atoms with Gasteiger partial charge in [-0.25, -0.2) is 0 Å². The first-order chi connectivity index (χ1) is 6.15. The Labute approximate surface area is 86.5 Å². The van der Waals surface area contributed by atoms with Crippen molar-refractivity contribution >= 4 is 12.6 Å². The minimum absolute atomic E-state index is 0.672. The van der Waals surface area contributed by atoms with Crippen LogP contribution in [0.1, 0.15) is 6.92 Å². The van der Waals surface area contributed by atoms with Crippen molar-refractivity contribution in [3.05, 3.63) is 60.8 Å². The van der Waals surface area contributed by atoms with Crippen LogP contribution in [0.5, 0.6) is 0 Å². The van der Waals surface area contributed by atoms with E-state index in [1.54, 1.807) is 6.08 Å². The first-order valence-electron chi connectivity index (χ1n) is 4.08. The lowest BCUT2D eigenvalue weighted by Gasteiger charge is -2.01. The van der Waals surface area contributed by atoms with Crippen molar-refractivity contribution in [2.75, 3.05) is 5.75 Å². The first-order valence-corrected chi connectivity index (χ1v) is 4.71. The van der Waals surface area contributed by atoms with Crippen molar-refractivity contribution < 1.29 is 0 Å². The standard InChI is InChI=1S/C12H16S/c1-5-10(3)7-8-12(9-13)11(4)6-2/h5-8,13H,1-2,4,9H2,3H3/b10-7-,12-8-. The Balaban J connectivity index is 4.67. The van der Waals surface area contributed by atoms with Gasteiger partial charge >= 0.3 is 0 Å². The molecule has 70 valence electrons. The predicted molar refractivity (Wildman–Crippen MR) is 65.2 cm³/mol. The maximum atomic E-state index is 4.21. The third kappa shape index (κ3) is 4.58. The molecule has 0 atom stereocenters. The van der Waals surface area contributed by atoms with Gasteiger partial charge < -0.3 is 0 Å². The summed E-state index contributed by atoms with van der Waals surface area (Å²) < 4.78 is 0. The maximum absolute atomic E-state index is 4.21. The van der Waals surface area contributed by atoms with Crippen LogP contribution in [0, 0.1) is 0 Å². The molecule has 0 aliphatic rings. The van der Waals surface area contributed by atoms with Crippen LogP contribution in [0.3, 0.4) is 0 Å². The van der Waals surface area contributed by atoms with Crippen LogP contribution in [0.25, 0.3) is 0 Å². The third-order valence-electron chi connectivity index (χ3n) is 1.70. The molecule has 0 unspecified atom stereocenters. The number of hydrogen-bond donors (Lipinski definition) is 1. The summed E-state index contributed by atoms with van der Waals surface area (Å²) in [5.41, 5.74) is 3.12. The van der Waals surface area contributed by atoms with E-state index in [-0.39, 0.29) is 0 Å². The Bertz CT molecular complexity index is 267. The lowest BCUT2D eigenvalue weighted by atomic mass is 10.1. The van der Waals surface area contributed by atoms with E-state index in [1.165, 1.54) is 0 Å². The fourth-order valence-corrected chi connectivity index (χ4v) is 1.00. The molecular formula is C12H16S. The van der Waals surface area contributed by atoms with Crippen LogP contribution in [0.15, 0.2) is 60.8 Å². The molecule has 0 saturated carbocycles. The van der Waals surface area contributed by atoms with E-state index in [9.17, 15) is 0 Å². The summed E-state index contributed by atoms with van der Waals surface area (Å²) in [6.45, 7) is 13.2. The molecular weight excluding hydrogens is 176 g/mol. The van der Waals surface area contributed by atoms with Gasteiger partial charge in [0.2, 0.25) is 0 Å². The molecule has 0 aliphatic carbocycles. The van der Waals surface area contributed by atoms with Gasteiger partial charge in [-0.3, -0.25) is 0 Å². The second-order valence-electron chi connectivity index (χ2n) is 2.69. The summed E-state index contributed by atoms with van der Waals surface area (Å²) in [6, 6.07) is 0. The van der Waals surface area contributed by atoms with Crippen LogP contribution in [0.2, 0.25) is 0 Å². The minimum atomic E-state index is 0.672. The van der Waals surface area contributed by atoms with Gasteiger partial charge in [-0.15, -0.1) is 0 Å². The van der Waals surface area contributed by atoms with Crippen LogP contribution in [0.4, 0.5) is 0 Å². The van der Waals surface area contributed by atoms with E-state index in [0.717, 1.165) is 16.7 Å². The number of rotatable bonds is 5. The highest BCUT2D eigenvalue weighted by atomic mass is 32.1. The molecule has 0 aromatic rings. The lowest BCUT2D eigenvalue weighted by Crippen LogP contribution is -1.85. The Kier molecular flexibility index (Phi) is 6.07. The van der Waals surface area contributed by atoms with Crippen molar-refractivity contribution in [2.45, 2.75) is 6.92 Å². The summed E-state index contributed by atoms with van der Waals surface area (Å²) in [6.07, 6.45) is 7.53. The SMILES string of the molecule is C=CC(=C)/C(=C\C=C(\C)C=C)CS. The van der Waals surface area contributed by atoms with Crippen LogP contribution >= 0.6 is 12.6 Å². The second kappa shape index (κ2) is 6.55. The van der Waals surface area contributed by atoms with E-state index >= 15 is 0 Å². The first kappa shape index (κ1) is 12.0. The summed E-state index contributed by atoms with van der Waals surface area (Å²) >= 11 is 4.21. The van der Waals surface area contributed by atoms with Crippen LogP contribution in [-0.4, -0.2) is 5.75 Å². The molecule has 0 spiro atoms. The van der Waals surface area contributed by atoms with E-state index in [1.807, 2.05) is 25.2 Å². The molecule has 0 aromatic carbocycles. The van der Waals surface area contributed by atoms with Crippen molar-refractivity contribution in [1.82, 2.24) is 0 Å². The Hall–Kier alpha value is -0.950. The molecule has 0 aliphatic heterocycles. The average Bonchev–Trinajstić information content (AvgIpc) is 2.17. The summed E-state index contributed by atoms with van der Waals surface area (Å²) in [7, 11) is 0. The van der Waals surface area contributed by atoms with E-state index < -0.39 is 0 Å². The molecule has 13 heavy (non-hydrogen) atoms. The molecule has 0 bridgehead atoms. The Morgan fingerprint density at radius 1 is 1.23 bits per heavy atom. The van der Waals surface area contributed by atoms with Crippen molar-refractivity contribution in [3.63, 3.8) is 0 Å². The molecule has 0 heterocycles. The van der Waals surface area contributed by atoms with Crippen LogP contribution in [-0.2, 0) is 0 Å². The van der Waals surface area contributed by atoms with E-state index in [0.29, 0.717) is 5.75 Å². The summed E-state index contributed by atoms with van der Waals surface area (Å²) in [5.74, 6) is 0.672. The van der Waals surface area contributed by atoms with Gasteiger partial charge in [0.25, 0.3) is 0 Å². The van der Waals surface area contributed by atoms with Crippen molar-refractivity contribution in [1.29, 1.82) is 0 Å². The van der Waals surface area contributed by atoms with Gasteiger partial charge in [0.1, 0.15) is 0 Å². The highest BCUT2D eigenvalue weighted by Gasteiger charge is 1.94. The molecule has 1 heteroatoms. The molecule has 0 rings (SSSR count). The quantitative estimate of drug-likeness (QED) is 0.498. The minimum Gasteiger partial charge on any atom is -0.175 e. The highest BCUT2D eigenvalue weighted by Crippen LogP contribution is 2.11. The fourth-order valence-electron chi connectivity index (χ4n) is 0.692. The zero-order chi connectivity index (χ0) is 10.3. The lowest BCUT2D eigenvalue weighted by molar-refractivity contribution is 1.45. The molecule has 0 aromatic heterocycles. The van der Waals surface area contributed by atoms with Crippen molar-refractivity contribution in [2.24, 2.45) is 0 Å². The van der Waals surface area contributed by atoms with Gasteiger partial charge in [0.05, 0.1) is 0 Å². The van der Waals surface area contributed by atoms with Gasteiger partial charge in [0, 0.05) is 5.75 Å². The molecule has 0 N–H and O–H groups in total.